The number of nitrogens with one attached hydrogen (secondary N) is 1. The van der Waals surface area contributed by atoms with Crippen LogP contribution in [0.2, 0.25) is 0 Å². The van der Waals surface area contributed by atoms with E-state index < -0.39 is 6.10 Å². The first-order valence-corrected chi connectivity index (χ1v) is 7.23. The second-order valence-corrected chi connectivity index (χ2v) is 5.35. The highest BCUT2D eigenvalue weighted by molar-refractivity contribution is 5.45. The molecule has 0 aliphatic carbocycles. The third-order valence-electron chi connectivity index (χ3n) is 3.38. The maximum Gasteiger partial charge on any atom is 0.0945 e. The van der Waals surface area contributed by atoms with Crippen molar-refractivity contribution in [3.63, 3.8) is 0 Å². The van der Waals surface area contributed by atoms with Crippen molar-refractivity contribution in [1.82, 2.24) is 0 Å². The van der Waals surface area contributed by atoms with E-state index in [1.807, 2.05) is 12.1 Å². The molecule has 0 aliphatic heterocycles. The highest BCUT2D eigenvalue weighted by Crippen LogP contribution is 2.14. The quantitative estimate of drug-likeness (QED) is 0.821. The molecule has 3 nitrogen and oxygen atoms in total. The topological polar surface area (TPSA) is 41.5 Å². The van der Waals surface area contributed by atoms with Gasteiger partial charge in [-0.1, -0.05) is 42.0 Å². The van der Waals surface area contributed by atoms with Gasteiger partial charge in [0.2, 0.25) is 0 Å². The van der Waals surface area contributed by atoms with Crippen LogP contribution in [0.25, 0.3) is 0 Å². The summed E-state index contributed by atoms with van der Waals surface area (Å²) in [7, 11) is 1.59. The summed E-state index contributed by atoms with van der Waals surface area (Å²) in [6.45, 7) is 2.94. The predicted octanol–water partition coefficient (Wildman–Crippen LogP) is 3.01. The Hall–Kier alpha value is -1.84. The second kappa shape index (κ2) is 7.81. The van der Waals surface area contributed by atoms with E-state index in [4.69, 9.17) is 4.74 Å². The van der Waals surface area contributed by atoms with Crippen LogP contribution in [0.15, 0.2) is 48.5 Å². The Morgan fingerprint density at radius 1 is 1.00 bits per heavy atom. The number of methoxy groups -OCH3 is 1. The van der Waals surface area contributed by atoms with E-state index in [1.54, 1.807) is 7.11 Å². The highest BCUT2D eigenvalue weighted by Gasteiger charge is 2.03. The first-order chi connectivity index (χ1) is 10.2. The number of ether oxygens (including phenoxy) is 1. The van der Waals surface area contributed by atoms with Crippen LogP contribution in [0.3, 0.4) is 0 Å². The number of aliphatic hydroxyl groups is 1. The van der Waals surface area contributed by atoms with E-state index in [9.17, 15) is 5.11 Å². The van der Waals surface area contributed by atoms with Crippen LogP contribution in [-0.4, -0.2) is 31.5 Å². The lowest BCUT2D eigenvalue weighted by molar-refractivity contribution is 0.0727. The number of aliphatic hydroxyl groups excluding tert-OH is 1. The molecule has 0 radical (unpaired) electrons. The molecule has 3 heteroatoms. The third kappa shape index (κ3) is 5.21. The molecular weight excluding hydrogens is 262 g/mol. The SMILES string of the molecule is COCC(O)CNc1ccc(Cc2ccc(C)cc2)cc1. The fraction of sp³-hybridized carbons (Fsp3) is 0.333. The minimum atomic E-state index is -0.484. The number of rotatable bonds is 7. The summed E-state index contributed by atoms with van der Waals surface area (Å²) in [5.74, 6) is 0. The summed E-state index contributed by atoms with van der Waals surface area (Å²) in [6, 6.07) is 16.9. The first-order valence-electron chi connectivity index (χ1n) is 7.23. The fourth-order valence-corrected chi connectivity index (χ4v) is 2.17. The maximum atomic E-state index is 9.59. The van der Waals surface area contributed by atoms with Gasteiger partial charge < -0.3 is 15.2 Å². The van der Waals surface area contributed by atoms with Crippen LogP contribution in [0.1, 0.15) is 16.7 Å². The van der Waals surface area contributed by atoms with Crippen molar-refractivity contribution in [1.29, 1.82) is 0 Å². The number of anilines is 1. The van der Waals surface area contributed by atoms with Crippen molar-refractivity contribution >= 4 is 5.69 Å². The van der Waals surface area contributed by atoms with Crippen LogP contribution < -0.4 is 5.32 Å². The van der Waals surface area contributed by atoms with Crippen LogP contribution in [0.4, 0.5) is 5.69 Å². The molecule has 0 heterocycles. The minimum absolute atomic E-state index is 0.346. The third-order valence-corrected chi connectivity index (χ3v) is 3.38. The van der Waals surface area contributed by atoms with Crippen molar-refractivity contribution < 1.29 is 9.84 Å². The van der Waals surface area contributed by atoms with Gasteiger partial charge in [-0.15, -0.1) is 0 Å². The van der Waals surface area contributed by atoms with Gasteiger partial charge in [-0.3, -0.25) is 0 Å². The Balaban J connectivity index is 1.88. The fourth-order valence-electron chi connectivity index (χ4n) is 2.17. The van der Waals surface area contributed by atoms with Gasteiger partial charge in [0.05, 0.1) is 12.7 Å². The molecule has 2 N–H and O–H groups in total. The van der Waals surface area contributed by atoms with Gasteiger partial charge in [-0.05, 0) is 36.6 Å². The summed E-state index contributed by atoms with van der Waals surface area (Å²) in [4.78, 5) is 0. The largest absolute Gasteiger partial charge is 0.389 e. The maximum absolute atomic E-state index is 9.59. The standard InChI is InChI=1S/C18H23NO2/c1-14-3-5-15(6-4-14)11-16-7-9-17(10-8-16)19-12-18(20)13-21-2/h3-10,18-20H,11-13H2,1-2H3. The van der Waals surface area contributed by atoms with Crippen molar-refractivity contribution in [3.05, 3.63) is 65.2 Å². The zero-order chi connectivity index (χ0) is 15.1. The van der Waals surface area contributed by atoms with E-state index in [2.05, 4.69) is 48.6 Å². The molecule has 112 valence electrons. The zero-order valence-corrected chi connectivity index (χ0v) is 12.7. The van der Waals surface area contributed by atoms with Gasteiger partial charge in [-0.2, -0.15) is 0 Å². The molecule has 0 bridgehead atoms. The van der Waals surface area contributed by atoms with E-state index >= 15 is 0 Å². The molecule has 1 atom stereocenters. The van der Waals surface area contributed by atoms with Gasteiger partial charge in [0.25, 0.3) is 0 Å². The Labute approximate surface area is 126 Å². The van der Waals surface area contributed by atoms with Crippen LogP contribution >= 0.6 is 0 Å². The lowest BCUT2D eigenvalue weighted by Gasteiger charge is -2.12. The average molecular weight is 285 g/mol. The summed E-state index contributed by atoms with van der Waals surface area (Å²) in [6.07, 6.45) is 0.453. The summed E-state index contributed by atoms with van der Waals surface area (Å²) >= 11 is 0. The molecule has 0 aromatic heterocycles. The van der Waals surface area contributed by atoms with Crippen molar-refractivity contribution in [2.75, 3.05) is 25.6 Å². The summed E-state index contributed by atoms with van der Waals surface area (Å²) in [5, 5.41) is 12.8. The van der Waals surface area contributed by atoms with E-state index in [-0.39, 0.29) is 0 Å². The van der Waals surface area contributed by atoms with Crippen molar-refractivity contribution in [2.45, 2.75) is 19.4 Å². The Bertz CT molecular complexity index is 534. The van der Waals surface area contributed by atoms with Crippen LogP contribution in [-0.2, 0) is 11.2 Å². The van der Waals surface area contributed by atoms with Gasteiger partial charge in [-0.25, -0.2) is 0 Å². The Kier molecular flexibility index (Phi) is 5.78. The molecule has 0 saturated heterocycles. The first kappa shape index (κ1) is 15.5. The zero-order valence-electron chi connectivity index (χ0n) is 12.7. The highest BCUT2D eigenvalue weighted by atomic mass is 16.5. The molecule has 2 aromatic rings. The molecule has 0 aliphatic rings. The summed E-state index contributed by atoms with van der Waals surface area (Å²) < 4.78 is 4.90. The normalized spacial score (nSPS) is 12.1. The molecular formula is C18H23NO2. The number of hydrogen-bond donors (Lipinski definition) is 2. The second-order valence-electron chi connectivity index (χ2n) is 5.35. The molecule has 2 rings (SSSR count). The molecule has 0 amide bonds. The van der Waals surface area contributed by atoms with Crippen molar-refractivity contribution in [2.24, 2.45) is 0 Å². The van der Waals surface area contributed by atoms with E-state index in [0.29, 0.717) is 13.2 Å². The van der Waals surface area contributed by atoms with Gasteiger partial charge >= 0.3 is 0 Å². The Morgan fingerprint density at radius 3 is 2.14 bits per heavy atom. The Morgan fingerprint density at radius 2 is 1.57 bits per heavy atom. The average Bonchev–Trinajstić information content (AvgIpc) is 2.49. The monoisotopic (exact) mass is 285 g/mol. The van der Waals surface area contributed by atoms with E-state index in [0.717, 1.165) is 12.1 Å². The molecule has 0 fully saturated rings. The molecule has 1 unspecified atom stereocenters. The summed E-state index contributed by atoms with van der Waals surface area (Å²) in [5.41, 5.74) is 4.89. The van der Waals surface area contributed by atoms with Gasteiger partial charge in [0.15, 0.2) is 0 Å². The van der Waals surface area contributed by atoms with Crippen LogP contribution in [0.5, 0.6) is 0 Å². The predicted molar refractivity (Wildman–Crippen MR) is 86.8 cm³/mol. The number of benzene rings is 2. The smallest absolute Gasteiger partial charge is 0.0945 e. The van der Waals surface area contributed by atoms with Crippen molar-refractivity contribution in [3.8, 4) is 0 Å². The van der Waals surface area contributed by atoms with Crippen LogP contribution in [0, 0.1) is 6.92 Å². The van der Waals surface area contributed by atoms with Gasteiger partial charge in [0.1, 0.15) is 0 Å². The molecule has 0 saturated carbocycles. The van der Waals surface area contributed by atoms with E-state index in [1.165, 1.54) is 16.7 Å². The number of hydrogen-bond acceptors (Lipinski definition) is 3. The van der Waals surface area contributed by atoms with Gasteiger partial charge in [0, 0.05) is 19.3 Å². The lowest BCUT2D eigenvalue weighted by Crippen LogP contribution is -2.24. The molecule has 2 aromatic carbocycles. The number of aryl methyl sites for hydroxylation is 1. The molecule has 21 heavy (non-hydrogen) atoms. The lowest BCUT2D eigenvalue weighted by atomic mass is 10.0. The minimum Gasteiger partial charge on any atom is -0.389 e. The molecule has 0 spiro atoms.